The van der Waals surface area contributed by atoms with Crippen molar-refractivity contribution >= 4 is 23.0 Å². The van der Waals surface area contributed by atoms with Crippen molar-refractivity contribution in [3.8, 4) is 0 Å². The van der Waals surface area contributed by atoms with E-state index in [1.807, 2.05) is 24.1 Å². The van der Waals surface area contributed by atoms with E-state index in [2.05, 4.69) is 55.6 Å². The average molecular weight is 284 g/mol. The van der Waals surface area contributed by atoms with Crippen molar-refractivity contribution in [2.75, 3.05) is 12.4 Å². The molecule has 2 nitrogen and oxygen atoms in total. The van der Waals surface area contributed by atoms with Crippen LogP contribution in [-0.4, -0.2) is 17.1 Å². The molecule has 3 heteroatoms. The zero-order valence-corrected chi connectivity index (χ0v) is 13.0. The van der Waals surface area contributed by atoms with Gasteiger partial charge in [0.05, 0.1) is 0 Å². The molecule has 0 saturated heterocycles. The van der Waals surface area contributed by atoms with Gasteiger partial charge >= 0.3 is 0 Å². The second-order valence-electron chi connectivity index (χ2n) is 5.14. The van der Waals surface area contributed by atoms with Gasteiger partial charge in [-0.1, -0.05) is 42.0 Å². The largest absolute Gasteiger partial charge is 0.348 e. The number of hydrogen-bond acceptors (Lipinski definition) is 1. The smallest absolute Gasteiger partial charge is 0.173 e. The highest BCUT2D eigenvalue weighted by molar-refractivity contribution is 7.80. The molecule has 0 fully saturated rings. The van der Waals surface area contributed by atoms with Crippen LogP contribution in [0.2, 0.25) is 0 Å². The predicted molar refractivity (Wildman–Crippen MR) is 90.0 cm³/mol. The minimum absolute atomic E-state index is 0.733. The van der Waals surface area contributed by atoms with Crippen LogP contribution in [0.1, 0.15) is 16.7 Å². The van der Waals surface area contributed by atoms with E-state index in [-0.39, 0.29) is 0 Å². The lowest BCUT2D eigenvalue weighted by Gasteiger charge is -2.21. The second-order valence-corrected chi connectivity index (χ2v) is 5.53. The van der Waals surface area contributed by atoms with Crippen LogP contribution in [-0.2, 0) is 6.54 Å². The summed E-state index contributed by atoms with van der Waals surface area (Å²) in [7, 11) is 2.00. The maximum atomic E-state index is 5.44. The van der Waals surface area contributed by atoms with Crippen LogP contribution in [0.15, 0.2) is 48.5 Å². The van der Waals surface area contributed by atoms with Crippen LogP contribution in [0, 0.1) is 13.8 Å². The summed E-state index contributed by atoms with van der Waals surface area (Å²) < 4.78 is 0. The highest BCUT2D eigenvalue weighted by atomic mass is 32.1. The molecule has 2 aromatic rings. The molecule has 0 bridgehead atoms. The Labute approximate surface area is 126 Å². The van der Waals surface area contributed by atoms with Crippen molar-refractivity contribution in [2.45, 2.75) is 20.4 Å². The summed E-state index contributed by atoms with van der Waals surface area (Å²) in [6, 6.07) is 16.7. The maximum absolute atomic E-state index is 5.44. The summed E-state index contributed by atoms with van der Waals surface area (Å²) >= 11 is 5.44. The van der Waals surface area contributed by atoms with Crippen molar-refractivity contribution in [3.05, 3.63) is 65.2 Å². The molecule has 20 heavy (non-hydrogen) atoms. The van der Waals surface area contributed by atoms with Gasteiger partial charge in [-0.15, -0.1) is 0 Å². The lowest BCUT2D eigenvalue weighted by atomic mass is 10.1. The molecule has 0 aliphatic heterocycles. The van der Waals surface area contributed by atoms with Crippen molar-refractivity contribution in [3.63, 3.8) is 0 Å². The molecular weight excluding hydrogens is 264 g/mol. The summed E-state index contributed by atoms with van der Waals surface area (Å²) in [6.07, 6.45) is 0. The lowest BCUT2D eigenvalue weighted by molar-refractivity contribution is 0.508. The van der Waals surface area contributed by atoms with Gasteiger partial charge in [0, 0.05) is 19.3 Å². The number of nitrogens with zero attached hydrogens (tertiary/aromatic N) is 1. The predicted octanol–water partition coefficient (Wildman–Crippen LogP) is 4.13. The standard InChI is InChI=1S/C17H20N2S/c1-13-7-9-15(10-8-13)12-19(3)17(20)18-16-6-4-5-14(2)11-16/h4-11H,12H2,1-3H3,(H,18,20). The number of rotatable bonds is 3. The molecule has 0 aromatic heterocycles. The summed E-state index contributed by atoms with van der Waals surface area (Å²) in [5.74, 6) is 0. The van der Waals surface area contributed by atoms with Crippen LogP contribution in [0.3, 0.4) is 0 Å². The van der Waals surface area contributed by atoms with Gasteiger partial charge in [0.15, 0.2) is 5.11 Å². The Morgan fingerprint density at radius 3 is 2.40 bits per heavy atom. The Kier molecular flexibility index (Phi) is 4.74. The Morgan fingerprint density at radius 1 is 1.05 bits per heavy atom. The molecule has 0 radical (unpaired) electrons. The molecule has 0 heterocycles. The molecule has 0 spiro atoms. The second kappa shape index (κ2) is 6.53. The van der Waals surface area contributed by atoms with Gasteiger partial charge < -0.3 is 10.2 Å². The van der Waals surface area contributed by atoms with Gasteiger partial charge in [-0.3, -0.25) is 0 Å². The first-order chi connectivity index (χ1) is 9.54. The minimum Gasteiger partial charge on any atom is -0.348 e. The van der Waals surface area contributed by atoms with Crippen LogP contribution < -0.4 is 5.32 Å². The number of anilines is 1. The van der Waals surface area contributed by atoms with Crippen molar-refractivity contribution in [1.29, 1.82) is 0 Å². The fourth-order valence-corrected chi connectivity index (χ4v) is 2.16. The Bertz CT molecular complexity index is 590. The molecule has 0 saturated carbocycles. The van der Waals surface area contributed by atoms with Crippen LogP contribution in [0.4, 0.5) is 5.69 Å². The third kappa shape index (κ3) is 4.07. The van der Waals surface area contributed by atoms with Crippen molar-refractivity contribution in [1.82, 2.24) is 4.90 Å². The van der Waals surface area contributed by atoms with Crippen LogP contribution in [0.5, 0.6) is 0 Å². The van der Waals surface area contributed by atoms with E-state index in [4.69, 9.17) is 12.2 Å². The molecule has 2 aromatic carbocycles. The van der Waals surface area contributed by atoms with Gasteiger partial charge in [-0.05, 0) is 49.3 Å². The molecule has 0 amide bonds. The SMILES string of the molecule is Cc1ccc(CN(C)C(=S)Nc2cccc(C)c2)cc1. The van der Waals surface area contributed by atoms with Gasteiger partial charge in [0.1, 0.15) is 0 Å². The van der Waals surface area contributed by atoms with E-state index in [1.165, 1.54) is 16.7 Å². The summed E-state index contributed by atoms with van der Waals surface area (Å²) in [6.45, 7) is 4.97. The molecule has 2 rings (SSSR count). The summed E-state index contributed by atoms with van der Waals surface area (Å²) in [5.41, 5.74) is 4.79. The first-order valence-corrected chi connectivity index (χ1v) is 7.10. The van der Waals surface area contributed by atoms with E-state index in [9.17, 15) is 0 Å². The number of benzene rings is 2. The van der Waals surface area contributed by atoms with Crippen LogP contribution in [0.25, 0.3) is 0 Å². The Balaban J connectivity index is 1.96. The molecule has 0 unspecified atom stereocenters. The van der Waals surface area contributed by atoms with Gasteiger partial charge in [-0.2, -0.15) is 0 Å². The fourth-order valence-electron chi connectivity index (χ4n) is 1.98. The van der Waals surface area contributed by atoms with Crippen molar-refractivity contribution < 1.29 is 0 Å². The fraction of sp³-hybridized carbons (Fsp3) is 0.235. The molecule has 0 aliphatic rings. The first-order valence-electron chi connectivity index (χ1n) is 6.69. The number of aryl methyl sites for hydroxylation is 2. The summed E-state index contributed by atoms with van der Waals surface area (Å²) in [4.78, 5) is 2.04. The third-order valence-corrected chi connectivity index (χ3v) is 3.57. The topological polar surface area (TPSA) is 15.3 Å². The summed E-state index contributed by atoms with van der Waals surface area (Å²) in [5, 5.41) is 4.00. The van der Waals surface area contributed by atoms with Gasteiger partial charge in [-0.25, -0.2) is 0 Å². The van der Waals surface area contributed by atoms with Crippen molar-refractivity contribution in [2.24, 2.45) is 0 Å². The maximum Gasteiger partial charge on any atom is 0.173 e. The third-order valence-electron chi connectivity index (χ3n) is 3.16. The van der Waals surface area contributed by atoms with Crippen LogP contribution >= 0.6 is 12.2 Å². The first kappa shape index (κ1) is 14.5. The van der Waals surface area contributed by atoms with E-state index in [1.54, 1.807) is 0 Å². The average Bonchev–Trinajstić information content (AvgIpc) is 2.41. The molecule has 0 aliphatic carbocycles. The molecule has 1 N–H and O–H groups in total. The van der Waals surface area contributed by atoms with Gasteiger partial charge in [0.25, 0.3) is 0 Å². The highest BCUT2D eigenvalue weighted by Crippen LogP contribution is 2.12. The lowest BCUT2D eigenvalue weighted by Crippen LogP contribution is -2.30. The number of hydrogen-bond donors (Lipinski definition) is 1. The quantitative estimate of drug-likeness (QED) is 0.853. The monoisotopic (exact) mass is 284 g/mol. The normalized spacial score (nSPS) is 10.2. The van der Waals surface area contributed by atoms with E-state index < -0.39 is 0 Å². The number of thiocarbonyl (C=S) groups is 1. The molecule has 104 valence electrons. The number of nitrogens with one attached hydrogen (secondary N) is 1. The van der Waals surface area contributed by atoms with E-state index in [0.29, 0.717) is 0 Å². The molecular formula is C17H20N2S. The minimum atomic E-state index is 0.733. The Morgan fingerprint density at radius 2 is 1.75 bits per heavy atom. The van der Waals surface area contributed by atoms with E-state index >= 15 is 0 Å². The molecule has 0 atom stereocenters. The zero-order chi connectivity index (χ0) is 14.5. The zero-order valence-electron chi connectivity index (χ0n) is 12.2. The van der Waals surface area contributed by atoms with E-state index in [0.717, 1.165) is 17.3 Å². The Hall–Kier alpha value is -1.87. The highest BCUT2D eigenvalue weighted by Gasteiger charge is 2.05. The van der Waals surface area contributed by atoms with Gasteiger partial charge in [0.2, 0.25) is 0 Å².